The number of hydrogen-bond donors (Lipinski definition) is 2. The first kappa shape index (κ1) is 12.7. The quantitative estimate of drug-likeness (QED) is 0.792. The standard InChI is InChI=1S/C13H15N3O4/c1-7-5-15(13(19)20)6-9-4-8-2-3-10(12(17)18)14-11(8)16(7)9/h2-3,7,9H,4-6H2,1H3,(H,17,18)(H,19,20)/t7-,9?/m1/s1. The lowest BCUT2D eigenvalue weighted by Crippen LogP contribution is -2.58. The van der Waals surface area contributed by atoms with Crippen LogP contribution in [0.2, 0.25) is 0 Å². The largest absolute Gasteiger partial charge is 0.477 e. The van der Waals surface area contributed by atoms with Gasteiger partial charge in [-0.3, -0.25) is 0 Å². The molecule has 1 amide bonds. The summed E-state index contributed by atoms with van der Waals surface area (Å²) in [5.41, 5.74) is 1.01. The molecule has 1 unspecified atom stereocenters. The molecule has 1 aromatic heterocycles. The smallest absolute Gasteiger partial charge is 0.407 e. The van der Waals surface area contributed by atoms with E-state index in [1.807, 2.05) is 6.92 Å². The second-order valence-electron chi connectivity index (χ2n) is 5.29. The van der Waals surface area contributed by atoms with Crippen LogP contribution < -0.4 is 4.90 Å². The molecule has 0 saturated carbocycles. The van der Waals surface area contributed by atoms with Crippen molar-refractivity contribution in [1.82, 2.24) is 9.88 Å². The van der Waals surface area contributed by atoms with E-state index in [9.17, 15) is 9.59 Å². The minimum atomic E-state index is -1.05. The molecule has 7 nitrogen and oxygen atoms in total. The lowest BCUT2D eigenvalue weighted by atomic mass is 10.1. The molecule has 20 heavy (non-hydrogen) atoms. The molecule has 1 fully saturated rings. The topological polar surface area (TPSA) is 94.0 Å². The molecule has 106 valence electrons. The highest BCUT2D eigenvalue weighted by Gasteiger charge is 2.40. The first-order chi connectivity index (χ1) is 9.47. The Kier molecular flexibility index (Phi) is 2.77. The number of rotatable bonds is 1. The van der Waals surface area contributed by atoms with Gasteiger partial charge in [-0.1, -0.05) is 6.07 Å². The molecule has 0 radical (unpaired) electrons. The van der Waals surface area contributed by atoms with Crippen molar-refractivity contribution < 1.29 is 19.8 Å². The van der Waals surface area contributed by atoms with Gasteiger partial charge in [0.1, 0.15) is 5.82 Å². The number of carbonyl (C=O) groups is 2. The highest BCUT2D eigenvalue weighted by molar-refractivity contribution is 5.86. The molecule has 2 aliphatic heterocycles. The summed E-state index contributed by atoms with van der Waals surface area (Å²) in [5, 5.41) is 18.1. The van der Waals surface area contributed by atoms with Crippen molar-refractivity contribution in [3.8, 4) is 0 Å². The van der Waals surface area contributed by atoms with Gasteiger partial charge in [-0.05, 0) is 25.0 Å². The van der Waals surface area contributed by atoms with E-state index < -0.39 is 12.1 Å². The van der Waals surface area contributed by atoms with Crippen molar-refractivity contribution >= 4 is 17.9 Å². The maximum atomic E-state index is 11.1. The fourth-order valence-corrected chi connectivity index (χ4v) is 3.12. The molecule has 2 N–H and O–H groups in total. The third kappa shape index (κ3) is 1.86. The molecule has 3 heterocycles. The third-order valence-corrected chi connectivity index (χ3v) is 3.93. The van der Waals surface area contributed by atoms with E-state index in [0.29, 0.717) is 25.3 Å². The van der Waals surface area contributed by atoms with Crippen LogP contribution in [0, 0.1) is 0 Å². The van der Waals surface area contributed by atoms with Gasteiger partial charge >= 0.3 is 12.1 Å². The highest BCUT2D eigenvalue weighted by Crippen LogP contribution is 2.35. The number of fused-ring (bicyclic) bond motifs is 3. The van der Waals surface area contributed by atoms with E-state index >= 15 is 0 Å². The molecule has 7 heteroatoms. The first-order valence-electron chi connectivity index (χ1n) is 6.47. The fraction of sp³-hybridized carbons (Fsp3) is 0.462. The SMILES string of the molecule is C[C@@H]1CN(C(=O)O)CC2Cc3ccc(C(=O)O)nc3N21. The van der Waals surface area contributed by atoms with Crippen LogP contribution in [-0.4, -0.2) is 57.3 Å². The van der Waals surface area contributed by atoms with Gasteiger partial charge in [-0.2, -0.15) is 0 Å². The molecule has 1 saturated heterocycles. The van der Waals surface area contributed by atoms with Crippen LogP contribution in [0.4, 0.5) is 10.6 Å². The van der Waals surface area contributed by atoms with Crippen LogP contribution in [0.5, 0.6) is 0 Å². The van der Waals surface area contributed by atoms with Gasteiger partial charge in [0.15, 0.2) is 5.69 Å². The van der Waals surface area contributed by atoms with E-state index in [1.54, 1.807) is 6.07 Å². The first-order valence-corrected chi connectivity index (χ1v) is 6.47. The van der Waals surface area contributed by atoms with Crippen LogP contribution in [0.15, 0.2) is 12.1 Å². The van der Waals surface area contributed by atoms with Gasteiger partial charge in [0.05, 0.1) is 6.04 Å². The van der Waals surface area contributed by atoms with Crippen molar-refractivity contribution in [3.05, 3.63) is 23.4 Å². The van der Waals surface area contributed by atoms with E-state index in [-0.39, 0.29) is 17.8 Å². The summed E-state index contributed by atoms with van der Waals surface area (Å²) in [5.74, 6) is -0.361. The molecule has 2 atom stereocenters. The summed E-state index contributed by atoms with van der Waals surface area (Å²) >= 11 is 0. The molecule has 3 rings (SSSR count). The zero-order valence-electron chi connectivity index (χ0n) is 11.0. The Hall–Kier alpha value is -2.31. The predicted octanol–water partition coefficient (Wildman–Crippen LogP) is 0.893. The number of pyridine rings is 1. The maximum absolute atomic E-state index is 11.1. The predicted molar refractivity (Wildman–Crippen MR) is 70.2 cm³/mol. The van der Waals surface area contributed by atoms with E-state index in [2.05, 4.69) is 9.88 Å². The Bertz CT molecular complexity index is 589. The van der Waals surface area contributed by atoms with E-state index in [4.69, 9.17) is 10.2 Å². The molecular formula is C13H15N3O4. The molecule has 0 aliphatic carbocycles. The van der Waals surface area contributed by atoms with Crippen molar-refractivity contribution in [2.75, 3.05) is 18.0 Å². The third-order valence-electron chi connectivity index (χ3n) is 3.93. The number of amides is 1. The highest BCUT2D eigenvalue weighted by atomic mass is 16.4. The Morgan fingerprint density at radius 3 is 2.70 bits per heavy atom. The Morgan fingerprint density at radius 2 is 2.05 bits per heavy atom. The minimum Gasteiger partial charge on any atom is -0.477 e. The van der Waals surface area contributed by atoms with Gasteiger partial charge in [-0.15, -0.1) is 0 Å². The Morgan fingerprint density at radius 1 is 1.30 bits per heavy atom. The second kappa shape index (κ2) is 4.36. The Labute approximate surface area is 115 Å². The van der Waals surface area contributed by atoms with Crippen LogP contribution in [0.1, 0.15) is 23.0 Å². The van der Waals surface area contributed by atoms with Crippen LogP contribution in [-0.2, 0) is 6.42 Å². The molecule has 1 aromatic rings. The van der Waals surface area contributed by atoms with Gasteiger partial charge in [0, 0.05) is 19.1 Å². The number of hydrogen-bond acceptors (Lipinski definition) is 4. The summed E-state index contributed by atoms with van der Waals surface area (Å²) in [7, 11) is 0. The average Bonchev–Trinajstić information content (AvgIpc) is 2.75. The van der Waals surface area contributed by atoms with Crippen molar-refractivity contribution in [1.29, 1.82) is 0 Å². The summed E-state index contributed by atoms with van der Waals surface area (Å²) in [6.45, 7) is 2.77. The number of carboxylic acids is 1. The molecule has 0 spiro atoms. The van der Waals surface area contributed by atoms with E-state index in [1.165, 1.54) is 11.0 Å². The van der Waals surface area contributed by atoms with Crippen molar-refractivity contribution in [3.63, 3.8) is 0 Å². The van der Waals surface area contributed by atoms with Crippen LogP contribution in [0.25, 0.3) is 0 Å². The summed E-state index contributed by atoms with van der Waals surface area (Å²) in [6.07, 6.45) is -0.206. The minimum absolute atomic E-state index is 0.0114. The van der Waals surface area contributed by atoms with Crippen LogP contribution >= 0.6 is 0 Å². The zero-order chi connectivity index (χ0) is 14.4. The van der Waals surface area contributed by atoms with E-state index in [0.717, 1.165) is 5.56 Å². The van der Waals surface area contributed by atoms with Crippen molar-refractivity contribution in [2.45, 2.75) is 25.4 Å². The molecule has 2 aliphatic rings. The van der Waals surface area contributed by atoms with Crippen LogP contribution in [0.3, 0.4) is 0 Å². The number of aromatic carboxylic acids is 1. The molecular weight excluding hydrogens is 262 g/mol. The Balaban J connectivity index is 1.94. The summed E-state index contributed by atoms with van der Waals surface area (Å²) in [4.78, 5) is 29.8. The number of carboxylic acid groups (broad SMARTS) is 2. The van der Waals surface area contributed by atoms with Gasteiger partial charge in [0.25, 0.3) is 0 Å². The lowest BCUT2D eigenvalue weighted by molar-refractivity contribution is 0.0690. The lowest BCUT2D eigenvalue weighted by Gasteiger charge is -2.42. The van der Waals surface area contributed by atoms with Gasteiger partial charge < -0.3 is 20.0 Å². The second-order valence-corrected chi connectivity index (χ2v) is 5.29. The number of piperazine rings is 1. The monoisotopic (exact) mass is 277 g/mol. The number of nitrogens with zero attached hydrogens (tertiary/aromatic N) is 3. The number of aromatic nitrogens is 1. The molecule has 0 aromatic carbocycles. The number of anilines is 1. The van der Waals surface area contributed by atoms with Gasteiger partial charge in [0.2, 0.25) is 0 Å². The summed E-state index contributed by atoms with van der Waals surface area (Å²) < 4.78 is 0. The molecule has 0 bridgehead atoms. The van der Waals surface area contributed by atoms with Crippen molar-refractivity contribution in [2.24, 2.45) is 0 Å². The van der Waals surface area contributed by atoms with Gasteiger partial charge in [-0.25, -0.2) is 14.6 Å². The fourth-order valence-electron chi connectivity index (χ4n) is 3.12. The maximum Gasteiger partial charge on any atom is 0.407 e. The summed E-state index contributed by atoms with van der Waals surface area (Å²) in [6, 6.07) is 3.31. The normalized spacial score (nSPS) is 24.2. The zero-order valence-corrected chi connectivity index (χ0v) is 11.0. The average molecular weight is 277 g/mol.